The fraction of sp³-hybridized carbons (Fsp3) is 0.200. The van der Waals surface area contributed by atoms with Crippen LogP contribution in [0, 0.1) is 13.8 Å². The number of rotatable bonds is 2. The Bertz CT molecular complexity index is 710. The summed E-state index contributed by atoms with van der Waals surface area (Å²) in [5.74, 6) is -0.602. The first kappa shape index (κ1) is 19.3. The number of nitrogens with one attached hydrogen (secondary N) is 1. The maximum absolute atomic E-state index is 12.7. The predicted molar refractivity (Wildman–Crippen MR) is 78.1 cm³/mol. The van der Waals surface area contributed by atoms with Gasteiger partial charge >= 0.3 is 6.18 Å². The van der Waals surface area contributed by atoms with Gasteiger partial charge in [-0.15, -0.1) is 0 Å². The minimum atomic E-state index is -4.47. The van der Waals surface area contributed by atoms with Gasteiger partial charge in [0.1, 0.15) is 0 Å². The Kier molecular flexibility index (Phi) is 6.02. The Morgan fingerprint density at radius 1 is 1.22 bits per heavy atom. The van der Waals surface area contributed by atoms with Gasteiger partial charge in [0.25, 0.3) is 5.91 Å². The molecule has 0 saturated carbocycles. The maximum Gasteiger partial charge on any atom is 0.416 e. The van der Waals surface area contributed by atoms with Crippen molar-refractivity contribution in [1.29, 1.82) is 0 Å². The predicted octanol–water partition coefficient (Wildman–Crippen LogP) is 1.63. The molecule has 1 N–H and O–H groups in total. The van der Waals surface area contributed by atoms with Crippen molar-refractivity contribution in [2.45, 2.75) is 20.0 Å². The van der Waals surface area contributed by atoms with Crippen molar-refractivity contribution in [3.05, 3.63) is 57.9 Å². The summed E-state index contributed by atoms with van der Waals surface area (Å²) in [5.41, 5.74) is 0.406. The van der Waals surface area contributed by atoms with Gasteiger partial charge in [-0.3, -0.25) is 9.78 Å². The van der Waals surface area contributed by atoms with E-state index >= 15 is 0 Å². The Hall–Kier alpha value is -1.79. The summed E-state index contributed by atoms with van der Waals surface area (Å²) in [5, 5.41) is 2.61. The van der Waals surface area contributed by atoms with Crippen LogP contribution in [0.15, 0.2) is 30.3 Å². The molecule has 0 radical (unpaired) electrons. The first-order valence-electron chi connectivity index (χ1n) is 6.31. The molecule has 0 aliphatic rings. The van der Waals surface area contributed by atoms with Crippen LogP contribution in [0.1, 0.15) is 27.3 Å². The topological polar surface area (TPSA) is 42.0 Å². The summed E-state index contributed by atoms with van der Waals surface area (Å²) in [6.07, 6.45) is -4.47. The zero-order valence-electron chi connectivity index (χ0n) is 12.1. The van der Waals surface area contributed by atoms with Crippen LogP contribution in [-0.2, 0) is 6.18 Å². The number of benzene rings is 1. The van der Waals surface area contributed by atoms with E-state index in [1.807, 2.05) is 0 Å². The number of hydrogen-bond donors (Lipinski definition) is 1. The molecule has 0 aliphatic heterocycles. The van der Waals surface area contributed by atoms with Crippen molar-refractivity contribution in [3.63, 3.8) is 0 Å². The molecule has 0 atom stereocenters. The molecule has 1 heterocycles. The largest absolute Gasteiger partial charge is 1.00 e. The Morgan fingerprint density at radius 3 is 2.43 bits per heavy atom. The number of carbonyl (C=O) groups excluding carboxylic acids is 1. The lowest BCUT2D eigenvalue weighted by molar-refractivity contribution is -0.137. The molecule has 23 heavy (non-hydrogen) atoms. The first-order chi connectivity index (χ1) is 10.2. The quantitative estimate of drug-likeness (QED) is 0.880. The van der Waals surface area contributed by atoms with E-state index in [1.165, 1.54) is 18.2 Å². The SMILES string of the molecule is Cc1cc(Cl)c(C(=O)Nc2cccc(C(F)(F)F)c2)c(C)n1.[Cl-]. The first-order valence-corrected chi connectivity index (χ1v) is 6.68. The molecule has 3 nitrogen and oxygen atoms in total. The number of amides is 1. The molecule has 1 amide bonds. The van der Waals surface area contributed by atoms with Crippen molar-refractivity contribution in [1.82, 2.24) is 4.98 Å². The van der Waals surface area contributed by atoms with Gasteiger partial charge in [0.15, 0.2) is 0 Å². The highest BCUT2D eigenvalue weighted by Crippen LogP contribution is 2.31. The van der Waals surface area contributed by atoms with E-state index in [4.69, 9.17) is 11.6 Å². The van der Waals surface area contributed by atoms with Crippen LogP contribution >= 0.6 is 11.6 Å². The number of pyridine rings is 1. The molecule has 1 aromatic carbocycles. The van der Waals surface area contributed by atoms with Gasteiger partial charge in [0, 0.05) is 11.4 Å². The molecule has 2 rings (SSSR count). The van der Waals surface area contributed by atoms with Gasteiger partial charge in [0.2, 0.25) is 0 Å². The van der Waals surface area contributed by atoms with Crippen LogP contribution in [0.3, 0.4) is 0 Å². The van der Waals surface area contributed by atoms with Crippen molar-refractivity contribution in [2.24, 2.45) is 0 Å². The Labute approximate surface area is 142 Å². The second-order valence-corrected chi connectivity index (χ2v) is 5.15. The van der Waals surface area contributed by atoms with E-state index < -0.39 is 17.6 Å². The van der Waals surface area contributed by atoms with Crippen LogP contribution in [-0.4, -0.2) is 10.9 Å². The van der Waals surface area contributed by atoms with Crippen molar-refractivity contribution in [3.8, 4) is 0 Å². The normalized spacial score (nSPS) is 10.9. The number of aromatic nitrogens is 1. The summed E-state index contributed by atoms with van der Waals surface area (Å²) < 4.78 is 38.0. The molecule has 2 aromatic rings. The number of carbonyl (C=O) groups is 1. The zero-order valence-corrected chi connectivity index (χ0v) is 13.6. The van der Waals surface area contributed by atoms with Crippen molar-refractivity contribution in [2.75, 3.05) is 5.32 Å². The molecule has 1 aromatic heterocycles. The third kappa shape index (κ3) is 4.59. The summed E-state index contributed by atoms with van der Waals surface area (Å²) in [6, 6.07) is 5.91. The van der Waals surface area contributed by atoms with Crippen LogP contribution in [0.4, 0.5) is 18.9 Å². The summed E-state index contributed by atoms with van der Waals surface area (Å²) in [4.78, 5) is 16.3. The van der Waals surface area contributed by atoms with E-state index in [0.29, 0.717) is 11.4 Å². The molecule has 0 bridgehead atoms. The smallest absolute Gasteiger partial charge is 0.416 e. The molecule has 0 aliphatic carbocycles. The molecular formula is C15H12Cl2F3N2O-. The van der Waals surface area contributed by atoms with Crippen LogP contribution in [0.5, 0.6) is 0 Å². The lowest BCUT2D eigenvalue weighted by Gasteiger charge is -2.12. The van der Waals surface area contributed by atoms with Gasteiger partial charge in [-0.05, 0) is 38.1 Å². The summed E-state index contributed by atoms with van der Waals surface area (Å²) >= 11 is 6.02. The second-order valence-electron chi connectivity index (χ2n) is 4.74. The summed E-state index contributed by atoms with van der Waals surface area (Å²) in [7, 11) is 0. The maximum atomic E-state index is 12.7. The van der Waals surface area contributed by atoms with E-state index in [9.17, 15) is 18.0 Å². The third-order valence-corrected chi connectivity index (χ3v) is 3.25. The molecule has 0 saturated heterocycles. The van der Waals surface area contributed by atoms with E-state index in [1.54, 1.807) is 13.8 Å². The van der Waals surface area contributed by atoms with E-state index in [0.717, 1.165) is 12.1 Å². The fourth-order valence-electron chi connectivity index (χ4n) is 2.02. The summed E-state index contributed by atoms with van der Waals surface area (Å²) in [6.45, 7) is 3.34. The van der Waals surface area contributed by atoms with Crippen LogP contribution in [0.2, 0.25) is 5.02 Å². The van der Waals surface area contributed by atoms with E-state index in [-0.39, 0.29) is 28.7 Å². The van der Waals surface area contributed by atoms with Crippen LogP contribution < -0.4 is 17.7 Å². The van der Waals surface area contributed by atoms with Gasteiger partial charge in [-0.1, -0.05) is 17.7 Å². The Morgan fingerprint density at radius 2 is 1.87 bits per heavy atom. The fourth-order valence-corrected chi connectivity index (χ4v) is 2.40. The zero-order chi connectivity index (χ0) is 16.5. The van der Waals surface area contributed by atoms with Crippen molar-refractivity contribution >= 4 is 23.2 Å². The lowest BCUT2D eigenvalue weighted by atomic mass is 10.1. The van der Waals surface area contributed by atoms with Gasteiger partial charge in [0.05, 0.1) is 21.8 Å². The minimum Gasteiger partial charge on any atom is -1.00 e. The molecule has 0 unspecified atom stereocenters. The van der Waals surface area contributed by atoms with Gasteiger partial charge in [-0.2, -0.15) is 13.2 Å². The number of hydrogen-bond acceptors (Lipinski definition) is 2. The number of aryl methyl sites for hydroxylation is 2. The number of nitrogens with zero attached hydrogens (tertiary/aromatic N) is 1. The molecular weight excluding hydrogens is 352 g/mol. The standard InChI is InChI=1S/C15H12ClF3N2O.ClH/c1-8-6-12(16)13(9(2)20-8)14(22)21-11-5-3-4-10(7-11)15(17,18)19;/h3-7H,1-2H3,(H,21,22);1H/p-1. The molecule has 124 valence electrons. The second kappa shape index (κ2) is 7.19. The molecule has 0 spiro atoms. The lowest BCUT2D eigenvalue weighted by Crippen LogP contribution is -3.00. The highest BCUT2D eigenvalue weighted by Gasteiger charge is 2.30. The average Bonchev–Trinajstić information content (AvgIpc) is 2.36. The van der Waals surface area contributed by atoms with Gasteiger partial charge in [-0.25, -0.2) is 0 Å². The molecule has 8 heteroatoms. The number of alkyl halides is 3. The highest BCUT2D eigenvalue weighted by molar-refractivity contribution is 6.34. The monoisotopic (exact) mass is 363 g/mol. The van der Waals surface area contributed by atoms with Crippen molar-refractivity contribution < 1.29 is 30.4 Å². The molecule has 0 fully saturated rings. The number of halogens is 5. The van der Waals surface area contributed by atoms with Crippen LogP contribution in [0.25, 0.3) is 0 Å². The average molecular weight is 364 g/mol. The van der Waals surface area contributed by atoms with Gasteiger partial charge < -0.3 is 17.7 Å². The van der Waals surface area contributed by atoms with E-state index in [2.05, 4.69) is 10.3 Å². The Balaban J connectivity index is 0.00000264. The third-order valence-electron chi connectivity index (χ3n) is 2.96. The highest BCUT2D eigenvalue weighted by atomic mass is 35.5. The number of anilines is 1. The minimum absolute atomic E-state index is 0.